The fourth-order valence-corrected chi connectivity index (χ4v) is 1.85. The van der Waals surface area contributed by atoms with Crippen LogP contribution in [0.15, 0.2) is 24.3 Å². The van der Waals surface area contributed by atoms with Crippen molar-refractivity contribution in [3.63, 3.8) is 0 Å². The lowest BCUT2D eigenvalue weighted by Crippen LogP contribution is -2.19. The summed E-state index contributed by atoms with van der Waals surface area (Å²) in [6.07, 6.45) is 1.92. The van der Waals surface area contributed by atoms with E-state index in [1.807, 2.05) is 31.2 Å². The SMILES string of the molecule is CCCC(=O)OC1CCOc2ccccc21. The molecule has 0 amide bonds. The van der Waals surface area contributed by atoms with Gasteiger partial charge in [-0.05, 0) is 12.5 Å². The topological polar surface area (TPSA) is 35.5 Å². The molecular weight excluding hydrogens is 204 g/mol. The van der Waals surface area contributed by atoms with Crippen LogP contribution in [0.3, 0.4) is 0 Å². The Hall–Kier alpha value is -1.51. The largest absolute Gasteiger partial charge is 0.493 e. The van der Waals surface area contributed by atoms with E-state index in [0.29, 0.717) is 13.0 Å². The summed E-state index contributed by atoms with van der Waals surface area (Å²) in [5, 5.41) is 0. The van der Waals surface area contributed by atoms with Crippen molar-refractivity contribution in [1.29, 1.82) is 0 Å². The Balaban J connectivity index is 2.10. The fourth-order valence-electron chi connectivity index (χ4n) is 1.85. The molecule has 1 aliphatic rings. The van der Waals surface area contributed by atoms with Crippen molar-refractivity contribution in [1.82, 2.24) is 0 Å². The minimum Gasteiger partial charge on any atom is -0.493 e. The van der Waals surface area contributed by atoms with Crippen molar-refractivity contribution in [2.75, 3.05) is 6.61 Å². The van der Waals surface area contributed by atoms with Gasteiger partial charge in [-0.25, -0.2) is 0 Å². The van der Waals surface area contributed by atoms with E-state index in [4.69, 9.17) is 9.47 Å². The van der Waals surface area contributed by atoms with Gasteiger partial charge in [0.05, 0.1) is 6.61 Å². The molecule has 1 unspecified atom stereocenters. The summed E-state index contributed by atoms with van der Waals surface area (Å²) < 4.78 is 10.9. The maximum atomic E-state index is 11.5. The zero-order chi connectivity index (χ0) is 11.4. The summed E-state index contributed by atoms with van der Waals surface area (Å²) in [5.74, 6) is 0.715. The highest BCUT2D eigenvalue weighted by Crippen LogP contribution is 2.34. The maximum Gasteiger partial charge on any atom is 0.306 e. The van der Waals surface area contributed by atoms with Gasteiger partial charge in [-0.1, -0.05) is 25.1 Å². The zero-order valence-electron chi connectivity index (χ0n) is 9.44. The summed E-state index contributed by atoms with van der Waals surface area (Å²) in [6.45, 7) is 2.58. The van der Waals surface area contributed by atoms with E-state index >= 15 is 0 Å². The van der Waals surface area contributed by atoms with E-state index in [2.05, 4.69) is 0 Å². The molecular formula is C13H16O3. The third kappa shape index (κ3) is 2.35. The van der Waals surface area contributed by atoms with Crippen LogP contribution in [0.4, 0.5) is 0 Å². The van der Waals surface area contributed by atoms with Gasteiger partial charge in [0.25, 0.3) is 0 Å². The number of ether oxygens (including phenoxy) is 2. The average molecular weight is 220 g/mol. The second-order valence-corrected chi connectivity index (χ2v) is 3.90. The quantitative estimate of drug-likeness (QED) is 0.735. The Kier molecular flexibility index (Phi) is 3.44. The Morgan fingerprint density at radius 2 is 2.31 bits per heavy atom. The van der Waals surface area contributed by atoms with Crippen LogP contribution >= 0.6 is 0 Å². The molecule has 1 aromatic rings. The molecule has 3 heteroatoms. The number of esters is 1. The number of hydrogen-bond acceptors (Lipinski definition) is 3. The Labute approximate surface area is 95.4 Å². The van der Waals surface area contributed by atoms with Crippen molar-refractivity contribution in [3.8, 4) is 5.75 Å². The first-order chi connectivity index (χ1) is 7.81. The van der Waals surface area contributed by atoms with Crippen LogP contribution in [0.5, 0.6) is 5.75 Å². The first-order valence-corrected chi connectivity index (χ1v) is 5.72. The van der Waals surface area contributed by atoms with Gasteiger partial charge in [0, 0.05) is 18.4 Å². The van der Waals surface area contributed by atoms with Gasteiger partial charge < -0.3 is 9.47 Å². The van der Waals surface area contributed by atoms with Crippen LogP contribution in [0.2, 0.25) is 0 Å². The van der Waals surface area contributed by atoms with E-state index in [9.17, 15) is 4.79 Å². The van der Waals surface area contributed by atoms with Crippen LogP contribution in [0.25, 0.3) is 0 Å². The highest BCUT2D eigenvalue weighted by Gasteiger charge is 2.23. The highest BCUT2D eigenvalue weighted by molar-refractivity contribution is 5.69. The molecule has 0 saturated heterocycles. The molecule has 16 heavy (non-hydrogen) atoms. The summed E-state index contributed by atoms with van der Waals surface area (Å²) in [6, 6.07) is 7.73. The minimum absolute atomic E-state index is 0.121. The molecule has 1 heterocycles. The number of carbonyl (C=O) groups excluding carboxylic acids is 1. The molecule has 0 spiro atoms. The van der Waals surface area contributed by atoms with Gasteiger partial charge in [0.2, 0.25) is 0 Å². The van der Waals surface area contributed by atoms with E-state index in [1.54, 1.807) is 0 Å². The second kappa shape index (κ2) is 5.01. The van der Waals surface area contributed by atoms with E-state index in [0.717, 1.165) is 24.2 Å². The minimum atomic E-state index is -0.135. The molecule has 1 aliphatic heterocycles. The number of rotatable bonds is 3. The van der Waals surface area contributed by atoms with E-state index in [-0.39, 0.29) is 12.1 Å². The molecule has 0 aliphatic carbocycles. The van der Waals surface area contributed by atoms with Gasteiger partial charge in [0.1, 0.15) is 11.9 Å². The zero-order valence-corrected chi connectivity index (χ0v) is 9.44. The molecule has 1 aromatic carbocycles. The normalized spacial score (nSPS) is 18.4. The lowest BCUT2D eigenvalue weighted by Gasteiger charge is -2.25. The van der Waals surface area contributed by atoms with Crippen LogP contribution < -0.4 is 4.74 Å². The standard InChI is InChI=1S/C13H16O3/c1-2-5-13(14)16-12-8-9-15-11-7-4-3-6-10(11)12/h3-4,6-7,12H,2,5,8-9H2,1H3. The number of hydrogen-bond donors (Lipinski definition) is 0. The van der Waals surface area contributed by atoms with Gasteiger partial charge >= 0.3 is 5.97 Å². The number of fused-ring (bicyclic) bond motifs is 1. The number of para-hydroxylation sites is 1. The van der Waals surface area contributed by atoms with Crippen LogP contribution in [-0.2, 0) is 9.53 Å². The average Bonchev–Trinajstić information content (AvgIpc) is 2.30. The predicted octanol–water partition coefficient (Wildman–Crippen LogP) is 2.85. The van der Waals surface area contributed by atoms with Crippen molar-refractivity contribution in [3.05, 3.63) is 29.8 Å². The molecule has 0 bridgehead atoms. The Bertz CT molecular complexity index is 373. The molecule has 0 N–H and O–H groups in total. The summed E-state index contributed by atoms with van der Waals surface area (Å²) in [7, 11) is 0. The molecule has 0 fully saturated rings. The van der Waals surface area contributed by atoms with Gasteiger partial charge in [0.15, 0.2) is 0 Å². The van der Waals surface area contributed by atoms with E-state index in [1.165, 1.54) is 0 Å². The molecule has 3 nitrogen and oxygen atoms in total. The van der Waals surface area contributed by atoms with E-state index < -0.39 is 0 Å². The van der Waals surface area contributed by atoms with Gasteiger partial charge in [-0.15, -0.1) is 0 Å². The molecule has 0 saturated carbocycles. The Morgan fingerprint density at radius 1 is 1.50 bits per heavy atom. The third-order valence-corrected chi connectivity index (χ3v) is 2.63. The van der Waals surface area contributed by atoms with Crippen LogP contribution in [-0.4, -0.2) is 12.6 Å². The second-order valence-electron chi connectivity index (χ2n) is 3.90. The number of benzene rings is 1. The highest BCUT2D eigenvalue weighted by atomic mass is 16.5. The van der Waals surface area contributed by atoms with Crippen molar-refractivity contribution >= 4 is 5.97 Å². The van der Waals surface area contributed by atoms with Crippen molar-refractivity contribution in [2.45, 2.75) is 32.3 Å². The first-order valence-electron chi connectivity index (χ1n) is 5.72. The monoisotopic (exact) mass is 220 g/mol. The molecule has 86 valence electrons. The third-order valence-electron chi connectivity index (χ3n) is 2.63. The summed E-state index contributed by atoms with van der Waals surface area (Å²) >= 11 is 0. The molecule has 2 rings (SSSR count). The smallest absolute Gasteiger partial charge is 0.306 e. The maximum absolute atomic E-state index is 11.5. The number of carbonyl (C=O) groups is 1. The molecule has 0 radical (unpaired) electrons. The Morgan fingerprint density at radius 3 is 3.12 bits per heavy atom. The summed E-state index contributed by atoms with van der Waals surface area (Å²) in [5.41, 5.74) is 0.984. The van der Waals surface area contributed by atoms with Gasteiger partial charge in [-0.2, -0.15) is 0 Å². The van der Waals surface area contributed by atoms with Crippen LogP contribution in [0.1, 0.15) is 37.9 Å². The van der Waals surface area contributed by atoms with Gasteiger partial charge in [-0.3, -0.25) is 4.79 Å². The summed E-state index contributed by atoms with van der Waals surface area (Å²) in [4.78, 5) is 11.5. The van der Waals surface area contributed by atoms with Crippen molar-refractivity contribution in [2.24, 2.45) is 0 Å². The van der Waals surface area contributed by atoms with Crippen molar-refractivity contribution < 1.29 is 14.3 Å². The fraction of sp³-hybridized carbons (Fsp3) is 0.462. The lowest BCUT2D eigenvalue weighted by molar-refractivity contribution is -0.150. The molecule has 0 aromatic heterocycles. The van der Waals surface area contributed by atoms with Crippen LogP contribution in [0, 0.1) is 0 Å². The predicted molar refractivity (Wildman–Crippen MR) is 60.3 cm³/mol. The molecule has 1 atom stereocenters. The first kappa shape index (κ1) is 11.0. The lowest BCUT2D eigenvalue weighted by atomic mass is 10.0.